The van der Waals surface area contributed by atoms with Crippen LogP contribution in [0.2, 0.25) is 0 Å². The van der Waals surface area contributed by atoms with E-state index in [0.717, 1.165) is 6.42 Å². The van der Waals surface area contributed by atoms with Crippen LogP contribution in [0.4, 0.5) is 0 Å². The molecule has 0 aromatic heterocycles. The Morgan fingerprint density at radius 3 is 2.60 bits per heavy atom. The van der Waals surface area contributed by atoms with Crippen molar-refractivity contribution < 1.29 is 13.2 Å². The molecule has 3 N–H and O–H groups in total. The fourth-order valence-corrected chi connectivity index (χ4v) is 4.38. The third-order valence-corrected chi connectivity index (χ3v) is 5.86. The zero-order valence-electron chi connectivity index (χ0n) is 15.5. The van der Waals surface area contributed by atoms with E-state index in [1.807, 2.05) is 0 Å². The SMILES string of the molecule is CCCCCC(C)NC(=NC)NCCC(=O)NC1CCS(=O)(=O)C1.I. The number of hydrogen-bond acceptors (Lipinski definition) is 4. The fourth-order valence-electron chi connectivity index (χ4n) is 2.70. The van der Waals surface area contributed by atoms with Crippen molar-refractivity contribution in [2.45, 2.75) is 64.5 Å². The summed E-state index contributed by atoms with van der Waals surface area (Å²) in [5, 5.41) is 9.22. The number of aliphatic imine (C=N–C) groups is 1. The largest absolute Gasteiger partial charge is 0.356 e. The summed E-state index contributed by atoms with van der Waals surface area (Å²) in [6.07, 6.45) is 5.52. The van der Waals surface area contributed by atoms with Gasteiger partial charge in [0.05, 0.1) is 11.5 Å². The molecule has 2 atom stereocenters. The van der Waals surface area contributed by atoms with Crippen LogP contribution in [-0.4, -0.2) is 57.5 Å². The Balaban J connectivity index is 0.00000576. The van der Waals surface area contributed by atoms with Gasteiger partial charge in [-0.15, -0.1) is 24.0 Å². The molecule has 0 aromatic rings. The number of nitrogens with one attached hydrogen (secondary N) is 3. The molecule has 1 amide bonds. The molecule has 1 heterocycles. The van der Waals surface area contributed by atoms with Crippen molar-refractivity contribution in [2.24, 2.45) is 4.99 Å². The molecule has 1 fully saturated rings. The number of unbranched alkanes of at least 4 members (excludes halogenated alkanes) is 2. The first kappa shape index (κ1) is 24.4. The number of nitrogens with zero attached hydrogens (tertiary/aromatic N) is 1. The molecule has 1 rings (SSSR count). The van der Waals surface area contributed by atoms with Crippen LogP contribution in [-0.2, 0) is 14.6 Å². The van der Waals surface area contributed by atoms with Crippen molar-refractivity contribution in [1.29, 1.82) is 0 Å². The van der Waals surface area contributed by atoms with E-state index in [1.165, 1.54) is 19.3 Å². The molecular weight excluding hydrogens is 455 g/mol. The van der Waals surface area contributed by atoms with Crippen LogP contribution in [0.1, 0.15) is 52.4 Å². The minimum absolute atomic E-state index is 0. The number of rotatable bonds is 9. The van der Waals surface area contributed by atoms with Gasteiger partial charge in [-0.05, 0) is 19.8 Å². The minimum Gasteiger partial charge on any atom is -0.356 e. The summed E-state index contributed by atoms with van der Waals surface area (Å²) in [7, 11) is -1.26. The number of halogens is 1. The lowest BCUT2D eigenvalue weighted by Gasteiger charge is -2.18. The zero-order valence-corrected chi connectivity index (χ0v) is 18.7. The van der Waals surface area contributed by atoms with Crippen molar-refractivity contribution in [3.8, 4) is 0 Å². The van der Waals surface area contributed by atoms with E-state index >= 15 is 0 Å². The molecule has 0 aromatic carbocycles. The molecular formula is C16H33IN4O3S. The highest BCUT2D eigenvalue weighted by molar-refractivity contribution is 14.0. The highest BCUT2D eigenvalue weighted by atomic mass is 127. The van der Waals surface area contributed by atoms with Crippen LogP contribution < -0.4 is 16.0 Å². The first-order valence-electron chi connectivity index (χ1n) is 8.83. The van der Waals surface area contributed by atoms with Gasteiger partial charge in [0.2, 0.25) is 5.91 Å². The summed E-state index contributed by atoms with van der Waals surface area (Å²) in [5.41, 5.74) is 0. The van der Waals surface area contributed by atoms with Gasteiger partial charge in [0, 0.05) is 32.1 Å². The van der Waals surface area contributed by atoms with Crippen molar-refractivity contribution in [3.63, 3.8) is 0 Å². The van der Waals surface area contributed by atoms with Crippen LogP contribution in [0.25, 0.3) is 0 Å². The van der Waals surface area contributed by atoms with E-state index < -0.39 is 9.84 Å². The third kappa shape index (κ3) is 10.9. The van der Waals surface area contributed by atoms with Crippen molar-refractivity contribution in [2.75, 3.05) is 25.1 Å². The molecule has 9 heteroatoms. The summed E-state index contributed by atoms with van der Waals surface area (Å²) in [4.78, 5) is 16.0. The van der Waals surface area contributed by atoms with Gasteiger partial charge in [0.15, 0.2) is 15.8 Å². The Labute approximate surface area is 169 Å². The van der Waals surface area contributed by atoms with E-state index in [4.69, 9.17) is 0 Å². The van der Waals surface area contributed by atoms with E-state index in [9.17, 15) is 13.2 Å². The predicted octanol–water partition coefficient (Wildman–Crippen LogP) is 1.43. The number of guanidine groups is 1. The standard InChI is InChI=1S/C16H32N4O3S.HI/c1-4-5-6-7-13(2)19-16(17-3)18-10-8-15(21)20-14-9-11-24(22,23)12-14;/h13-14H,4-12H2,1-3H3,(H,20,21)(H2,17,18,19);1H. The molecule has 2 unspecified atom stereocenters. The molecule has 0 spiro atoms. The summed E-state index contributed by atoms with van der Waals surface area (Å²) < 4.78 is 22.7. The first-order valence-corrected chi connectivity index (χ1v) is 10.7. The molecule has 148 valence electrons. The van der Waals surface area contributed by atoms with Gasteiger partial charge in [-0.3, -0.25) is 9.79 Å². The molecule has 1 aliphatic heterocycles. The average molecular weight is 488 g/mol. The molecule has 1 saturated heterocycles. The second-order valence-corrected chi connectivity index (χ2v) is 8.69. The Kier molecular flexibility index (Phi) is 12.4. The van der Waals surface area contributed by atoms with E-state index in [1.54, 1.807) is 7.05 Å². The molecule has 0 radical (unpaired) electrons. The predicted molar refractivity (Wildman–Crippen MR) is 113 cm³/mol. The smallest absolute Gasteiger partial charge is 0.222 e. The normalized spacial score (nSPS) is 20.4. The number of sulfone groups is 1. The van der Waals surface area contributed by atoms with Gasteiger partial charge >= 0.3 is 0 Å². The van der Waals surface area contributed by atoms with E-state index in [2.05, 4.69) is 34.8 Å². The second-order valence-electron chi connectivity index (χ2n) is 6.46. The van der Waals surface area contributed by atoms with Gasteiger partial charge in [-0.2, -0.15) is 0 Å². The van der Waals surface area contributed by atoms with E-state index in [0.29, 0.717) is 31.4 Å². The highest BCUT2D eigenvalue weighted by Crippen LogP contribution is 2.11. The number of carbonyl (C=O) groups excluding carboxylic acids is 1. The van der Waals surface area contributed by atoms with E-state index in [-0.39, 0.29) is 47.4 Å². The van der Waals surface area contributed by atoms with Crippen LogP contribution >= 0.6 is 24.0 Å². The molecule has 1 aliphatic rings. The maximum absolute atomic E-state index is 11.9. The zero-order chi connectivity index (χ0) is 18.0. The summed E-state index contributed by atoms with van der Waals surface area (Å²) in [5.74, 6) is 0.791. The van der Waals surface area contributed by atoms with Crippen LogP contribution in [0.5, 0.6) is 0 Å². The van der Waals surface area contributed by atoms with Crippen molar-refractivity contribution in [1.82, 2.24) is 16.0 Å². The van der Waals surface area contributed by atoms with Crippen LogP contribution in [0, 0.1) is 0 Å². The number of amides is 1. The molecule has 0 bridgehead atoms. The molecule has 25 heavy (non-hydrogen) atoms. The maximum Gasteiger partial charge on any atom is 0.222 e. The molecule has 0 saturated carbocycles. The number of hydrogen-bond donors (Lipinski definition) is 3. The summed E-state index contributed by atoms with van der Waals surface area (Å²) in [6.45, 7) is 4.77. The first-order chi connectivity index (χ1) is 11.4. The Morgan fingerprint density at radius 1 is 1.32 bits per heavy atom. The lowest BCUT2D eigenvalue weighted by Crippen LogP contribution is -2.44. The highest BCUT2D eigenvalue weighted by Gasteiger charge is 2.28. The van der Waals surface area contributed by atoms with Gasteiger partial charge < -0.3 is 16.0 Å². The molecule has 7 nitrogen and oxygen atoms in total. The fraction of sp³-hybridized carbons (Fsp3) is 0.875. The Morgan fingerprint density at radius 2 is 2.04 bits per heavy atom. The molecule has 0 aliphatic carbocycles. The van der Waals surface area contributed by atoms with Crippen LogP contribution in [0.15, 0.2) is 4.99 Å². The second kappa shape index (κ2) is 12.7. The maximum atomic E-state index is 11.9. The van der Waals surface area contributed by atoms with Crippen molar-refractivity contribution in [3.05, 3.63) is 0 Å². The van der Waals surface area contributed by atoms with Gasteiger partial charge in [-0.25, -0.2) is 8.42 Å². The number of carbonyl (C=O) groups is 1. The Bertz CT molecular complexity index is 525. The summed E-state index contributed by atoms with van der Waals surface area (Å²) in [6, 6.07) is 0.0961. The van der Waals surface area contributed by atoms with Gasteiger partial charge in [0.25, 0.3) is 0 Å². The third-order valence-electron chi connectivity index (χ3n) is 4.09. The average Bonchev–Trinajstić information content (AvgIpc) is 2.85. The monoisotopic (exact) mass is 488 g/mol. The Hall–Kier alpha value is -0.580. The topological polar surface area (TPSA) is 99.7 Å². The lowest BCUT2D eigenvalue weighted by atomic mass is 10.1. The van der Waals surface area contributed by atoms with Gasteiger partial charge in [0.1, 0.15) is 0 Å². The summed E-state index contributed by atoms with van der Waals surface area (Å²) >= 11 is 0. The lowest BCUT2D eigenvalue weighted by molar-refractivity contribution is -0.121. The van der Waals surface area contributed by atoms with Crippen molar-refractivity contribution >= 4 is 45.7 Å². The quantitative estimate of drug-likeness (QED) is 0.197. The van der Waals surface area contributed by atoms with Crippen LogP contribution in [0.3, 0.4) is 0 Å². The van der Waals surface area contributed by atoms with Gasteiger partial charge in [-0.1, -0.05) is 26.2 Å². The minimum atomic E-state index is -2.96.